The minimum absolute atomic E-state index is 0.00206. The Morgan fingerprint density at radius 1 is 1.27 bits per heavy atom. The number of nitrogens with zero attached hydrogens (tertiary/aromatic N) is 2. The molecule has 0 atom stereocenters. The van der Waals surface area contributed by atoms with Crippen LogP contribution in [0.25, 0.3) is 11.0 Å². The maximum absolute atomic E-state index is 13.5. The number of furan rings is 1. The van der Waals surface area contributed by atoms with Gasteiger partial charge in [-0.25, -0.2) is 12.7 Å². The lowest BCUT2D eigenvalue weighted by Crippen LogP contribution is -2.46. The number of amides is 1. The lowest BCUT2D eigenvalue weighted by molar-refractivity contribution is 0.0951. The summed E-state index contributed by atoms with van der Waals surface area (Å²) in [4.78, 5) is 31.0. The van der Waals surface area contributed by atoms with Gasteiger partial charge in [0.25, 0.3) is 11.5 Å². The molecule has 0 saturated carbocycles. The molecule has 3 aromatic rings. The molecule has 3 heterocycles. The van der Waals surface area contributed by atoms with Gasteiger partial charge in [-0.3, -0.25) is 9.59 Å². The smallest absolute Gasteiger partial charge is 0.256 e. The van der Waals surface area contributed by atoms with Crippen LogP contribution in [0.5, 0.6) is 5.75 Å². The Morgan fingerprint density at radius 3 is 2.59 bits per heavy atom. The second kappa shape index (κ2) is 10.6. The van der Waals surface area contributed by atoms with Crippen LogP contribution in [0.4, 0.5) is 5.69 Å². The van der Waals surface area contributed by atoms with E-state index >= 15 is 0 Å². The van der Waals surface area contributed by atoms with E-state index in [1.807, 2.05) is 19.9 Å². The number of pyridine rings is 1. The summed E-state index contributed by atoms with van der Waals surface area (Å²) < 4.78 is 36.5. The fourth-order valence-corrected chi connectivity index (χ4v) is 6.07. The summed E-state index contributed by atoms with van der Waals surface area (Å²) in [7, 11) is -1.73. The summed E-state index contributed by atoms with van der Waals surface area (Å²) in [6.45, 7) is 7.33. The average Bonchev–Trinajstić information content (AvgIpc) is 3.31. The average molecular weight is 531 g/mol. The zero-order valence-electron chi connectivity index (χ0n) is 21.9. The number of hydrogen-bond acceptors (Lipinski definition) is 7. The Balaban J connectivity index is 1.65. The maximum Gasteiger partial charge on any atom is 0.256 e. The van der Waals surface area contributed by atoms with Crippen molar-refractivity contribution in [2.45, 2.75) is 46.2 Å². The number of ether oxygens (including phenoxy) is 1. The van der Waals surface area contributed by atoms with E-state index in [1.54, 1.807) is 25.3 Å². The van der Waals surface area contributed by atoms with Crippen LogP contribution in [0, 0.1) is 13.8 Å². The van der Waals surface area contributed by atoms with Crippen molar-refractivity contribution in [3.63, 3.8) is 0 Å². The molecule has 11 heteroatoms. The number of anilines is 1. The Labute approximate surface area is 216 Å². The second-order valence-corrected chi connectivity index (χ2v) is 11.4. The number of nitrogens with one attached hydrogen (secondary N) is 2. The highest BCUT2D eigenvalue weighted by Gasteiger charge is 2.30. The van der Waals surface area contributed by atoms with Crippen LogP contribution >= 0.6 is 0 Å². The van der Waals surface area contributed by atoms with Gasteiger partial charge in [0, 0.05) is 48.5 Å². The van der Waals surface area contributed by atoms with Crippen LogP contribution in [0.15, 0.2) is 33.7 Å². The number of piperidine rings is 1. The number of methoxy groups -OCH3 is 1. The van der Waals surface area contributed by atoms with Gasteiger partial charge in [-0.15, -0.1) is 0 Å². The van der Waals surface area contributed by atoms with Crippen molar-refractivity contribution < 1.29 is 22.4 Å². The molecule has 1 amide bonds. The number of sulfonamides is 1. The molecule has 4 rings (SSSR count). The van der Waals surface area contributed by atoms with E-state index in [-0.39, 0.29) is 24.1 Å². The molecule has 1 fully saturated rings. The van der Waals surface area contributed by atoms with Crippen molar-refractivity contribution in [3.05, 3.63) is 57.2 Å². The molecule has 10 nitrogen and oxygen atoms in total. The highest BCUT2D eigenvalue weighted by Crippen LogP contribution is 2.35. The van der Waals surface area contributed by atoms with Crippen molar-refractivity contribution in [1.29, 1.82) is 0 Å². The number of fused-ring (bicyclic) bond motifs is 1. The van der Waals surface area contributed by atoms with Crippen LogP contribution < -0.4 is 20.5 Å². The standard InChI is InChI=1S/C26H34N4O6S/c1-6-30(18-7-10-29(11-8-18)37(5,33)34)21-14-23-19(9-12-36-23)24(17(21)3)26(32)27-15-20-22(35-4)13-16(2)28-25(20)31/h9,12-14,18H,6-8,10-11,15H2,1-5H3,(H,27,32)(H,28,31). The fraction of sp³-hybridized carbons (Fsp3) is 0.462. The van der Waals surface area contributed by atoms with Gasteiger partial charge in [0.15, 0.2) is 0 Å². The number of H-pyrrole nitrogens is 1. The topological polar surface area (TPSA) is 125 Å². The van der Waals surface area contributed by atoms with E-state index in [9.17, 15) is 18.0 Å². The Hall–Kier alpha value is -3.31. The summed E-state index contributed by atoms with van der Waals surface area (Å²) in [6.07, 6.45) is 4.17. The molecule has 1 aliphatic rings. The zero-order valence-corrected chi connectivity index (χ0v) is 22.7. The fourth-order valence-electron chi connectivity index (χ4n) is 5.20. The van der Waals surface area contributed by atoms with Crippen LogP contribution in [-0.2, 0) is 16.6 Å². The van der Waals surface area contributed by atoms with Crippen molar-refractivity contribution in [3.8, 4) is 5.75 Å². The number of aryl methyl sites for hydroxylation is 1. The van der Waals surface area contributed by atoms with E-state index < -0.39 is 10.0 Å². The van der Waals surface area contributed by atoms with E-state index in [0.29, 0.717) is 66.0 Å². The highest BCUT2D eigenvalue weighted by atomic mass is 32.2. The third-order valence-electron chi connectivity index (χ3n) is 7.08. The number of hydrogen-bond donors (Lipinski definition) is 2. The quantitative estimate of drug-likeness (QED) is 0.459. The van der Waals surface area contributed by atoms with Crippen LogP contribution in [0.3, 0.4) is 0 Å². The third-order valence-corrected chi connectivity index (χ3v) is 8.38. The number of carbonyl (C=O) groups excluding carboxylic acids is 1. The van der Waals surface area contributed by atoms with Gasteiger partial charge < -0.3 is 24.4 Å². The van der Waals surface area contributed by atoms with Gasteiger partial charge in [0.05, 0.1) is 37.3 Å². The molecule has 37 heavy (non-hydrogen) atoms. The first-order valence-corrected chi connectivity index (χ1v) is 14.2. The first kappa shape index (κ1) is 26.7. The summed E-state index contributed by atoms with van der Waals surface area (Å²) in [5.41, 5.74) is 3.43. The minimum Gasteiger partial charge on any atom is -0.496 e. The summed E-state index contributed by atoms with van der Waals surface area (Å²) in [5, 5.41) is 3.57. The maximum atomic E-state index is 13.5. The number of carbonyl (C=O) groups is 1. The lowest BCUT2D eigenvalue weighted by Gasteiger charge is -2.39. The summed E-state index contributed by atoms with van der Waals surface area (Å²) in [5.74, 6) is 0.0915. The van der Waals surface area contributed by atoms with Gasteiger partial charge in [-0.1, -0.05) is 0 Å². The van der Waals surface area contributed by atoms with Crippen molar-refractivity contribution in [2.75, 3.05) is 37.9 Å². The molecular weight excluding hydrogens is 496 g/mol. The Bertz CT molecular complexity index is 1470. The molecule has 200 valence electrons. The molecule has 0 bridgehead atoms. The molecule has 0 radical (unpaired) electrons. The van der Waals surface area contributed by atoms with E-state index in [1.165, 1.54) is 17.7 Å². The molecule has 0 spiro atoms. The summed E-state index contributed by atoms with van der Waals surface area (Å²) >= 11 is 0. The minimum atomic E-state index is -3.22. The Kier molecular flexibility index (Phi) is 7.65. The van der Waals surface area contributed by atoms with E-state index in [0.717, 1.165) is 11.3 Å². The summed E-state index contributed by atoms with van der Waals surface area (Å²) in [6, 6.07) is 5.56. The highest BCUT2D eigenvalue weighted by molar-refractivity contribution is 7.88. The number of aromatic amines is 1. The zero-order chi connectivity index (χ0) is 26.9. The van der Waals surface area contributed by atoms with Crippen LogP contribution in [0.1, 0.15) is 46.9 Å². The molecule has 1 saturated heterocycles. The van der Waals surface area contributed by atoms with E-state index in [2.05, 4.69) is 15.2 Å². The largest absolute Gasteiger partial charge is 0.496 e. The first-order chi connectivity index (χ1) is 17.5. The van der Waals surface area contributed by atoms with E-state index in [4.69, 9.17) is 9.15 Å². The number of rotatable bonds is 8. The predicted molar refractivity (Wildman–Crippen MR) is 143 cm³/mol. The van der Waals surface area contributed by atoms with Crippen LogP contribution in [-0.4, -0.2) is 62.7 Å². The van der Waals surface area contributed by atoms with Gasteiger partial charge in [0.2, 0.25) is 10.0 Å². The molecular formula is C26H34N4O6S. The molecule has 2 N–H and O–H groups in total. The second-order valence-electron chi connectivity index (χ2n) is 9.42. The lowest BCUT2D eigenvalue weighted by atomic mass is 9.97. The van der Waals surface area contributed by atoms with Crippen molar-refractivity contribution in [1.82, 2.24) is 14.6 Å². The molecule has 1 aromatic carbocycles. The molecule has 2 aromatic heterocycles. The SMILES string of the molecule is CCN(c1cc2occc2c(C(=O)NCc2c(OC)cc(C)[nH]c2=O)c1C)C1CCN(S(C)(=O)=O)CC1. The number of aromatic nitrogens is 1. The predicted octanol–water partition coefficient (Wildman–Crippen LogP) is 2.93. The monoisotopic (exact) mass is 530 g/mol. The van der Waals surface area contributed by atoms with Crippen LogP contribution in [0.2, 0.25) is 0 Å². The molecule has 1 aliphatic heterocycles. The van der Waals surface area contributed by atoms with Gasteiger partial charge in [-0.2, -0.15) is 0 Å². The van der Waals surface area contributed by atoms with Gasteiger partial charge in [0.1, 0.15) is 11.3 Å². The van der Waals surface area contributed by atoms with Crippen molar-refractivity contribution in [2.24, 2.45) is 0 Å². The van der Waals surface area contributed by atoms with Gasteiger partial charge >= 0.3 is 0 Å². The number of benzene rings is 1. The first-order valence-electron chi connectivity index (χ1n) is 12.3. The normalized spacial score (nSPS) is 15.2. The third kappa shape index (κ3) is 5.37. The van der Waals surface area contributed by atoms with Crippen molar-refractivity contribution >= 4 is 32.6 Å². The Morgan fingerprint density at radius 2 is 1.97 bits per heavy atom. The van der Waals surface area contributed by atoms with Gasteiger partial charge in [-0.05, 0) is 51.3 Å². The molecule has 0 unspecified atom stereocenters. The molecule has 0 aliphatic carbocycles.